The molecule has 22 heavy (non-hydrogen) atoms. The number of hydrogen-bond donors (Lipinski definition) is 1. The molecule has 1 fully saturated rings. The Kier molecular flexibility index (Phi) is 4.35. The molecule has 1 aromatic carbocycles. The highest BCUT2D eigenvalue weighted by Gasteiger charge is 2.66. The van der Waals surface area contributed by atoms with E-state index in [2.05, 4.69) is 0 Å². The average Bonchev–Trinajstić information content (AvgIpc) is 2.48. The number of ether oxygens (including phenoxy) is 2. The number of nitrogens with two attached hydrogens (primary N) is 1. The normalized spacial score (nSPS) is 15.9. The first-order valence-corrected chi connectivity index (χ1v) is 6.99. The summed E-state index contributed by atoms with van der Waals surface area (Å²) in [4.78, 5) is 38.1. The Hall–Kier alpha value is -2.57. The number of nitrogen functional groups attached to an aromatic ring is 1. The second-order valence-electron chi connectivity index (χ2n) is 4.83. The summed E-state index contributed by atoms with van der Waals surface area (Å²) in [7, 11) is 0. The van der Waals surface area contributed by atoms with Crippen LogP contribution in [0.3, 0.4) is 0 Å². The van der Waals surface area contributed by atoms with E-state index in [1.54, 1.807) is 38.1 Å². The number of rotatable bonds is 5. The molecule has 7 heteroatoms. The fourth-order valence-corrected chi connectivity index (χ4v) is 2.27. The summed E-state index contributed by atoms with van der Waals surface area (Å²) < 4.78 is 9.77. The van der Waals surface area contributed by atoms with Gasteiger partial charge in [-0.05, 0) is 38.1 Å². The van der Waals surface area contributed by atoms with Gasteiger partial charge in [0.25, 0.3) is 11.3 Å². The van der Waals surface area contributed by atoms with Crippen LogP contribution >= 0.6 is 0 Å². The van der Waals surface area contributed by atoms with Crippen molar-refractivity contribution in [1.82, 2.24) is 0 Å². The summed E-state index contributed by atoms with van der Waals surface area (Å²) in [5.74, 6) is -2.38. The molecule has 0 spiro atoms. The number of carbonyl (C=O) groups excluding carboxylic acids is 3. The van der Waals surface area contributed by atoms with Crippen LogP contribution < -0.4 is 10.6 Å². The third-order valence-corrected chi connectivity index (χ3v) is 3.46. The lowest BCUT2D eigenvalue weighted by atomic mass is 9.78. The van der Waals surface area contributed by atoms with E-state index < -0.39 is 23.3 Å². The molecule has 1 saturated heterocycles. The average molecular weight is 306 g/mol. The fraction of sp³-hybridized carbons (Fsp3) is 0.400. The van der Waals surface area contributed by atoms with Crippen molar-refractivity contribution in [3.8, 4) is 0 Å². The zero-order chi connectivity index (χ0) is 16.3. The second kappa shape index (κ2) is 6.05. The molecule has 2 N–H and O–H groups in total. The number of anilines is 2. The minimum atomic E-state index is -1.90. The van der Waals surface area contributed by atoms with E-state index in [1.807, 2.05) is 0 Å². The highest BCUT2D eigenvalue weighted by Crippen LogP contribution is 2.38. The smallest absolute Gasteiger partial charge is 0.335 e. The van der Waals surface area contributed by atoms with E-state index in [9.17, 15) is 14.4 Å². The monoisotopic (exact) mass is 306 g/mol. The summed E-state index contributed by atoms with van der Waals surface area (Å²) in [5, 5.41) is 0. The SMILES string of the molecule is CCOC(=O)C1(C(=O)OCC)CN(c2ccc(N)cc2)C1=O. The summed E-state index contributed by atoms with van der Waals surface area (Å²) in [6.45, 7) is 3.27. The van der Waals surface area contributed by atoms with E-state index in [4.69, 9.17) is 15.2 Å². The van der Waals surface area contributed by atoms with Gasteiger partial charge in [0.2, 0.25) is 0 Å². The predicted molar refractivity (Wildman–Crippen MR) is 78.9 cm³/mol. The molecular weight excluding hydrogens is 288 g/mol. The fourth-order valence-electron chi connectivity index (χ4n) is 2.27. The molecule has 0 saturated carbocycles. The Morgan fingerprint density at radius 2 is 1.64 bits per heavy atom. The molecule has 7 nitrogen and oxygen atoms in total. The molecule has 0 bridgehead atoms. The van der Waals surface area contributed by atoms with Gasteiger partial charge in [-0.3, -0.25) is 14.4 Å². The summed E-state index contributed by atoms with van der Waals surface area (Å²) >= 11 is 0. The van der Waals surface area contributed by atoms with Gasteiger partial charge in [0.05, 0.1) is 19.8 Å². The van der Waals surface area contributed by atoms with Crippen LogP contribution in [0, 0.1) is 5.41 Å². The number of hydrogen-bond acceptors (Lipinski definition) is 6. The second-order valence-corrected chi connectivity index (χ2v) is 4.83. The summed E-state index contributed by atoms with van der Waals surface area (Å²) in [6.07, 6.45) is 0. The van der Waals surface area contributed by atoms with Gasteiger partial charge in [-0.15, -0.1) is 0 Å². The number of β-lactam (4-membered cyclic amide) rings is 1. The first-order valence-electron chi connectivity index (χ1n) is 6.99. The van der Waals surface area contributed by atoms with Gasteiger partial charge in [0.15, 0.2) is 0 Å². The zero-order valence-electron chi connectivity index (χ0n) is 12.5. The summed E-state index contributed by atoms with van der Waals surface area (Å²) in [5.41, 5.74) is 4.82. The lowest BCUT2D eigenvalue weighted by Crippen LogP contribution is -2.70. The van der Waals surface area contributed by atoms with Gasteiger partial charge in [-0.25, -0.2) is 0 Å². The van der Waals surface area contributed by atoms with E-state index in [0.717, 1.165) is 0 Å². The Bertz CT molecular complexity index is 578. The van der Waals surface area contributed by atoms with Crippen molar-refractivity contribution in [3.63, 3.8) is 0 Å². The maximum Gasteiger partial charge on any atom is 0.335 e. The third kappa shape index (κ3) is 2.38. The first-order chi connectivity index (χ1) is 10.5. The molecule has 0 unspecified atom stereocenters. The molecule has 1 heterocycles. The van der Waals surface area contributed by atoms with Gasteiger partial charge in [-0.2, -0.15) is 0 Å². The Morgan fingerprint density at radius 1 is 1.14 bits per heavy atom. The minimum absolute atomic E-state index is 0.0785. The molecule has 0 atom stereocenters. The van der Waals surface area contributed by atoms with Crippen molar-refractivity contribution in [2.24, 2.45) is 5.41 Å². The topological polar surface area (TPSA) is 98.9 Å². The zero-order valence-corrected chi connectivity index (χ0v) is 12.5. The van der Waals surface area contributed by atoms with E-state index in [1.165, 1.54) is 4.90 Å². The maximum absolute atomic E-state index is 12.5. The van der Waals surface area contributed by atoms with E-state index >= 15 is 0 Å². The number of nitrogens with zero attached hydrogens (tertiary/aromatic N) is 1. The third-order valence-electron chi connectivity index (χ3n) is 3.46. The Labute approximate surface area is 128 Å². The van der Waals surface area contributed by atoms with Crippen molar-refractivity contribution in [3.05, 3.63) is 24.3 Å². The lowest BCUT2D eigenvalue weighted by Gasteiger charge is -2.44. The van der Waals surface area contributed by atoms with Crippen molar-refractivity contribution in [2.45, 2.75) is 13.8 Å². The molecule has 0 radical (unpaired) electrons. The van der Waals surface area contributed by atoms with Crippen LogP contribution in [-0.4, -0.2) is 37.6 Å². The van der Waals surface area contributed by atoms with Crippen LogP contribution in [0.4, 0.5) is 11.4 Å². The molecule has 1 aliphatic rings. The molecule has 118 valence electrons. The molecule has 0 aliphatic carbocycles. The number of esters is 2. The summed E-state index contributed by atoms with van der Waals surface area (Å²) in [6, 6.07) is 6.57. The van der Waals surface area contributed by atoms with Crippen LogP contribution in [0.25, 0.3) is 0 Å². The Balaban J connectivity index is 2.27. The highest BCUT2D eigenvalue weighted by molar-refractivity contribution is 6.29. The van der Waals surface area contributed by atoms with Crippen molar-refractivity contribution >= 4 is 29.2 Å². The van der Waals surface area contributed by atoms with Crippen LogP contribution in [0.5, 0.6) is 0 Å². The standard InChI is InChI=1S/C15H18N2O5/c1-3-21-13(19)15(14(20)22-4-2)9-17(12(15)18)11-7-5-10(16)6-8-11/h5-8H,3-4,9,16H2,1-2H3. The van der Waals surface area contributed by atoms with Gasteiger partial charge in [0.1, 0.15) is 0 Å². The largest absolute Gasteiger partial charge is 0.465 e. The van der Waals surface area contributed by atoms with E-state index in [-0.39, 0.29) is 19.8 Å². The van der Waals surface area contributed by atoms with Gasteiger partial charge in [-0.1, -0.05) is 0 Å². The molecule has 1 aromatic rings. The van der Waals surface area contributed by atoms with Crippen molar-refractivity contribution in [2.75, 3.05) is 30.4 Å². The van der Waals surface area contributed by atoms with Crippen LogP contribution in [0.15, 0.2) is 24.3 Å². The predicted octanol–water partition coefficient (Wildman–Crippen LogP) is 0.728. The number of benzene rings is 1. The van der Waals surface area contributed by atoms with Crippen LogP contribution in [0.2, 0.25) is 0 Å². The van der Waals surface area contributed by atoms with Gasteiger partial charge < -0.3 is 20.1 Å². The van der Waals surface area contributed by atoms with Crippen molar-refractivity contribution < 1.29 is 23.9 Å². The molecule has 1 amide bonds. The van der Waals surface area contributed by atoms with Crippen LogP contribution in [0.1, 0.15) is 13.8 Å². The number of carbonyl (C=O) groups is 3. The van der Waals surface area contributed by atoms with E-state index in [0.29, 0.717) is 11.4 Å². The van der Waals surface area contributed by atoms with Gasteiger partial charge >= 0.3 is 11.9 Å². The minimum Gasteiger partial charge on any atom is -0.465 e. The lowest BCUT2D eigenvalue weighted by molar-refractivity contribution is -0.178. The molecule has 0 aromatic heterocycles. The maximum atomic E-state index is 12.5. The van der Waals surface area contributed by atoms with Crippen molar-refractivity contribution in [1.29, 1.82) is 0 Å². The number of amides is 1. The van der Waals surface area contributed by atoms with Gasteiger partial charge in [0, 0.05) is 11.4 Å². The molecule has 1 aliphatic heterocycles. The highest BCUT2D eigenvalue weighted by atomic mass is 16.6. The Morgan fingerprint density at radius 3 is 2.05 bits per heavy atom. The quantitative estimate of drug-likeness (QED) is 0.372. The van der Waals surface area contributed by atoms with Crippen LogP contribution in [-0.2, 0) is 23.9 Å². The molecular formula is C15H18N2O5. The molecule has 2 rings (SSSR count). The first kappa shape index (κ1) is 15.8.